The van der Waals surface area contributed by atoms with Crippen molar-refractivity contribution in [1.82, 2.24) is 10.2 Å². The van der Waals surface area contributed by atoms with E-state index in [0.29, 0.717) is 23.3 Å². The Morgan fingerprint density at radius 3 is 2.83 bits per heavy atom. The summed E-state index contributed by atoms with van der Waals surface area (Å²) in [4.78, 5) is 13.9. The topological polar surface area (TPSA) is 44.4 Å². The van der Waals surface area contributed by atoms with E-state index < -0.39 is 0 Å². The molecular formula is C13H18ClN3O. The Labute approximate surface area is 112 Å². The zero-order valence-electron chi connectivity index (χ0n) is 10.7. The molecule has 1 aliphatic heterocycles. The number of nitrogens with one attached hydrogen (secondary N) is 2. The summed E-state index contributed by atoms with van der Waals surface area (Å²) in [5.41, 5.74) is 1.75. The predicted molar refractivity (Wildman–Crippen MR) is 74.1 cm³/mol. The summed E-state index contributed by atoms with van der Waals surface area (Å²) in [6.07, 6.45) is 0. The molecular weight excluding hydrogens is 250 g/mol. The molecule has 0 unspecified atom stereocenters. The van der Waals surface area contributed by atoms with Gasteiger partial charge in [-0.1, -0.05) is 17.7 Å². The number of halogens is 1. The number of likely N-dealkylation sites (N-methyl/N-ethyl adjacent to an activating group) is 1. The van der Waals surface area contributed by atoms with Crippen LogP contribution in [0.2, 0.25) is 5.02 Å². The first-order chi connectivity index (χ1) is 8.56. The molecule has 0 aliphatic carbocycles. The van der Waals surface area contributed by atoms with Crippen molar-refractivity contribution in [2.75, 3.05) is 32.0 Å². The molecule has 0 spiro atoms. The van der Waals surface area contributed by atoms with Gasteiger partial charge in [-0.2, -0.15) is 0 Å². The van der Waals surface area contributed by atoms with Crippen molar-refractivity contribution in [3.05, 3.63) is 28.8 Å². The molecule has 4 nitrogen and oxygen atoms in total. The SMILES string of the molecule is Cc1ccc(NC(=O)CN(C)C2CNC2)c(Cl)c1. The minimum Gasteiger partial charge on any atom is -0.324 e. The number of anilines is 1. The molecule has 1 amide bonds. The van der Waals surface area contributed by atoms with Crippen molar-refractivity contribution >= 4 is 23.2 Å². The third-order valence-corrected chi connectivity index (χ3v) is 3.49. The molecule has 2 N–H and O–H groups in total. The van der Waals surface area contributed by atoms with Crippen LogP contribution in [0.4, 0.5) is 5.69 Å². The van der Waals surface area contributed by atoms with E-state index in [1.165, 1.54) is 0 Å². The second-order valence-electron chi connectivity index (χ2n) is 4.76. The quantitative estimate of drug-likeness (QED) is 0.869. The van der Waals surface area contributed by atoms with E-state index in [-0.39, 0.29) is 5.91 Å². The standard InChI is InChI=1S/C13H18ClN3O/c1-9-3-4-12(11(14)5-9)16-13(18)8-17(2)10-6-15-7-10/h3-5,10,15H,6-8H2,1-2H3,(H,16,18). The van der Waals surface area contributed by atoms with Gasteiger partial charge in [-0.05, 0) is 31.7 Å². The van der Waals surface area contributed by atoms with E-state index in [0.717, 1.165) is 18.7 Å². The summed E-state index contributed by atoms with van der Waals surface area (Å²) in [6, 6.07) is 6.07. The number of aryl methyl sites for hydroxylation is 1. The third kappa shape index (κ3) is 3.22. The predicted octanol–water partition coefficient (Wildman–Crippen LogP) is 1.49. The van der Waals surface area contributed by atoms with Crippen molar-refractivity contribution in [3.8, 4) is 0 Å². The van der Waals surface area contributed by atoms with Crippen LogP contribution in [0.3, 0.4) is 0 Å². The smallest absolute Gasteiger partial charge is 0.238 e. The maximum absolute atomic E-state index is 11.9. The highest BCUT2D eigenvalue weighted by Gasteiger charge is 2.22. The van der Waals surface area contributed by atoms with E-state index in [1.807, 2.05) is 37.1 Å². The van der Waals surface area contributed by atoms with Crippen LogP contribution in [0.5, 0.6) is 0 Å². The number of rotatable bonds is 4. The van der Waals surface area contributed by atoms with Crippen LogP contribution in [0.15, 0.2) is 18.2 Å². The van der Waals surface area contributed by atoms with Crippen molar-refractivity contribution in [2.45, 2.75) is 13.0 Å². The second kappa shape index (κ2) is 5.69. The van der Waals surface area contributed by atoms with Crippen LogP contribution in [0.1, 0.15) is 5.56 Å². The fourth-order valence-corrected chi connectivity index (χ4v) is 2.13. The van der Waals surface area contributed by atoms with E-state index >= 15 is 0 Å². The molecule has 98 valence electrons. The molecule has 0 saturated carbocycles. The van der Waals surface area contributed by atoms with Crippen LogP contribution in [-0.4, -0.2) is 43.5 Å². The molecule has 1 aromatic carbocycles. The lowest BCUT2D eigenvalue weighted by Crippen LogP contribution is -2.57. The normalized spacial score (nSPS) is 15.6. The largest absolute Gasteiger partial charge is 0.324 e. The van der Waals surface area contributed by atoms with Crippen LogP contribution >= 0.6 is 11.6 Å². The van der Waals surface area contributed by atoms with Crippen LogP contribution in [0, 0.1) is 6.92 Å². The summed E-state index contributed by atoms with van der Waals surface area (Å²) in [5.74, 6) is -0.0323. The zero-order chi connectivity index (χ0) is 13.1. The monoisotopic (exact) mass is 267 g/mol. The Kier molecular flexibility index (Phi) is 4.22. The average molecular weight is 268 g/mol. The minimum atomic E-state index is -0.0323. The van der Waals surface area contributed by atoms with Gasteiger partial charge in [0.1, 0.15) is 0 Å². The number of carbonyl (C=O) groups is 1. The molecule has 2 rings (SSSR count). The summed E-state index contributed by atoms with van der Waals surface area (Å²) in [5, 5.41) is 6.60. The average Bonchev–Trinajstić information content (AvgIpc) is 2.19. The van der Waals surface area contributed by atoms with Gasteiger partial charge in [-0.15, -0.1) is 0 Å². The van der Waals surface area contributed by atoms with Crippen LogP contribution in [-0.2, 0) is 4.79 Å². The van der Waals surface area contributed by atoms with Gasteiger partial charge in [0.25, 0.3) is 0 Å². The van der Waals surface area contributed by atoms with Gasteiger partial charge in [0, 0.05) is 19.1 Å². The van der Waals surface area contributed by atoms with E-state index in [4.69, 9.17) is 11.6 Å². The Bertz CT molecular complexity index is 446. The Hall–Kier alpha value is -1.10. The number of carbonyl (C=O) groups excluding carboxylic acids is 1. The Balaban J connectivity index is 1.90. The maximum atomic E-state index is 11.9. The highest BCUT2D eigenvalue weighted by molar-refractivity contribution is 6.33. The number of hydrogen-bond donors (Lipinski definition) is 2. The number of nitrogens with zero attached hydrogens (tertiary/aromatic N) is 1. The van der Waals surface area contributed by atoms with Gasteiger partial charge < -0.3 is 10.6 Å². The number of benzene rings is 1. The summed E-state index contributed by atoms with van der Waals surface area (Å²) < 4.78 is 0. The van der Waals surface area contributed by atoms with Gasteiger partial charge in [-0.25, -0.2) is 0 Å². The lowest BCUT2D eigenvalue weighted by molar-refractivity contribution is -0.117. The molecule has 0 radical (unpaired) electrons. The Morgan fingerprint density at radius 2 is 2.28 bits per heavy atom. The maximum Gasteiger partial charge on any atom is 0.238 e. The Morgan fingerprint density at radius 1 is 1.56 bits per heavy atom. The molecule has 0 aromatic heterocycles. The molecule has 1 heterocycles. The van der Waals surface area contributed by atoms with Crippen LogP contribution in [0.25, 0.3) is 0 Å². The lowest BCUT2D eigenvalue weighted by Gasteiger charge is -2.35. The third-order valence-electron chi connectivity index (χ3n) is 3.17. The van der Waals surface area contributed by atoms with Gasteiger partial charge in [0.2, 0.25) is 5.91 Å². The van der Waals surface area contributed by atoms with Crippen molar-refractivity contribution in [3.63, 3.8) is 0 Å². The summed E-state index contributed by atoms with van der Waals surface area (Å²) in [6.45, 7) is 4.26. The second-order valence-corrected chi connectivity index (χ2v) is 5.17. The van der Waals surface area contributed by atoms with Gasteiger partial charge in [-0.3, -0.25) is 9.69 Å². The van der Waals surface area contributed by atoms with Crippen molar-refractivity contribution < 1.29 is 4.79 Å². The van der Waals surface area contributed by atoms with E-state index in [9.17, 15) is 4.79 Å². The van der Waals surface area contributed by atoms with Crippen molar-refractivity contribution in [2.24, 2.45) is 0 Å². The van der Waals surface area contributed by atoms with E-state index in [2.05, 4.69) is 10.6 Å². The zero-order valence-corrected chi connectivity index (χ0v) is 11.4. The van der Waals surface area contributed by atoms with Crippen molar-refractivity contribution in [1.29, 1.82) is 0 Å². The minimum absolute atomic E-state index is 0.0323. The fraction of sp³-hybridized carbons (Fsp3) is 0.462. The molecule has 0 atom stereocenters. The fourth-order valence-electron chi connectivity index (χ4n) is 1.85. The molecule has 18 heavy (non-hydrogen) atoms. The first-order valence-electron chi connectivity index (χ1n) is 6.03. The first-order valence-corrected chi connectivity index (χ1v) is 6.41. The molecule has 1 aliphatic rings. The highest BCUT2D eigenvalue weighted by Crippen LogP contribution is 2.22. The number of amides is 1. The summed E-state index contributed by atoms with van der Waals surface area (Å²) in [7, 11) is 1.96. The van der Waals surface area contributed by atoms with Crippen LogP contribution < -0.4 is 10.6 Å². The first kappa shape index (κ1) is 13.3. The van der Waals surface area contributed by atoms with Gasteiger partial charge in [0.05, 0.1) is 17.3 Å². The number of hydrogen-bond acceptors (Lipinski definition) is 3. The molecule has 5 heteroatoms. The highest BCUT2D eigenvalue weighted by atomic mass is 35.5. The lowest BCUT2D eigenvalue weighted by atomic mass is 10.1. The molecule has 1 aromatic rings. The van der Waals surface area contributed by atoms with Gasteiger partial charge >= 0.3 is 0 Å². The summed E-state index contributed by atoms with van der Waals surface area (Å²) >= 11 is 6.07. The molecule has 1 saturated heterocycles. The molecule has 1 fully saturated rings. The van der Waals surface area contributed by atoms with Gasteiger partial charge in [0.15, 0.2) is 0 Å². The van der Waals surface area contributed by atoms with E-state index in [1.54, 1.807) is 0 Å². The molecule has 0 bridgehead atoms.